The Kier molecular flexibility index (Phi) is 3.84. The molecule has 0 aliphatic rings. The molecule has 0 aliphatic heterocycles. The average Bonchev–Trinajstić information content (AvgIpc) is 2.79. The predicted molar refractivity (Wildman–Crippen MR) is 69.0 cm³/mol. The first-order valence-corrected chi connectivity index (χ1v) is 6.01. The van der Waals surface area contributed by atoms with Gasteiger partial charge >= 0.3 is 0 Å². The molecule has 1 heterocycles. The number of nitro benzene ring substituents is 1. The minimum Gasteiger partial charge on any atom is -0.268 e. The summed E-state index contributed by atoms with van der Waals surface area (Å²) >= 11 is 11.7. The molecule has 0 spiro atoms. The van der Waals surface area contributed by atoms with Gasteiger partial charge in [0.2, 0.25) is 0 Å². The number of halogens is 2. The van der Waals surface area contributed by atoms with E-state index in [0.29, 0.717) is 17.4 Å². The second-order valence-corrected chi connectivity index (χ2v) is 4.39. The summed E-state index contributed by atoms with van der Waals surface area (Å²) in [5, 5.41) is 15.1. The highest BCUT2D eigenvalue weighted by Crippen LogP contribution is 2.23. The van der Waals surface area contributed by atoms with Gasteiger partial charge in [0, 0.05) is 23.9 Å². The van der Waals surface area contributed by atoms with E-state index in [2.05, 4.69) is 5.10 Å². The molecule has 94 valence electrons. The lowest BCUT2D eigenvalue weighted by molar-refractivity contribution is -0.384. The van der Waals surface area contributed by atoms with Gasteiger partial charge in [-0.2, -0.15) is 5.10 Å². The third kappa shape index (κ3) is 2.80. The molecule has 0 unspecified atom stereocenters. The molecular formula is C11H9Cl2N3O2. The summed E-state index contributed by atoms with van der Waals surface area (Å²) < 4.78 is 1.69. The lowest BCUT2D eigenvalue weighted by Crippen LogP contribution is -2.01. The zero-order chi connectivity index (χ0) is 13.1. The van der Waals surface area contributed by atoms with Gasteiger partial charge in [0.1, 0.15) is 0 Å². The van der Waals surface area contributed by atoms with Crippen molar-refractivity contribution in [1.29, 1.82) is 0 Å². The van der Waals surface area contributed by atoms with Gasteiger partial charge in [-0.15, -0.1) is 11.6 Å². The quantitative estimate of drug-likeness (QED) is 0.492. The number of nitrogens with zero attached hydrogens (tertiary/aromatic N) is 3. The Morgan fingerprint density at radius 1 is 1.44 bits per heavy atom. The number of hydrogen-bond donors (Lipinski definition) is 0. The maximum Gasteiger partial charge on any atom is 0.270 e. The van der Waals surface area contributed by atoms with E-state index in [4.69, 9.17) is 23.2 Å². The Balaban J connectivity index is 2.21. The maximum absolute atomic E-state index is 10.6. The van der Waals surface area contributed by atoms with Crippen molar-refractivity contribution in [1.82, 2.24) is 9.78 Å². The molecule has 0 atom stereocenters. The Labute approximate surface area is 113 Å². The highest BCUT2D eigenvalue weighted by atomic mass is 35.5. The number of non-ortho nitro benzene ring substituents is 1. The SMILES string of the molecule is O=[N+]([O-])c1ccc(Cn2cc(CCl)cn2)c(Cl)c1. The smallest absolute Gasteiger partial charge is 0.268 e. The van der Waals surface area contributed by atoms with Crippen LogP contribution in [0.3, 0.4) is 0 Å². The lowest BCUT2D eigenvalue weighted by Gasteiger charge is -2.04. The molecular weight excluding hydrogens is 277 g/mol. The van der Waals surface area contributed by atoms with Crippen LogP contribution in [0, 0.1) is 10.1 Å². The van der Waals surface area contributed by atoms with Crippen LogP contribution in [0.1, 0.15) is 11.1 Å². The van der Waals surface area contributed by atoms with Gasteiger partial charge in [-0.3, -0.25) is 14.8 Å². The average molecular weight is 286 g/mol. The number of alkyl halides is 1. The molecule has 0 aliphatic carbocycles. The van der Waals surface area contributed by atoms with Crippen molar-refractivity contribution in [2.45, 2.75) is 12.4 Å². The fourth-order valence-electron chi connectivity index (χ4n) is 1.51. The number of nitro groups is 1. The second-order valence-electron chi connectivity index (χ2n) is 3.71. The normalized spacial score (nSPS) is 10.6. The Bertz CT molecular complexity index is 583. The highest BCUT2D eigenvalue weighted by molar-refractivity contribution is 6.31. The summed E-state index contributed by atoms with van der Waals surface area (Å²) in [7, 11) is 0. The van der Waals surface area contributed by atoms with E-state index in [9.17, 15) is 10.1 Å². The van der Waals surface area contributed by atoms with Crippen molar-refractivity contribution >= 4 is 28.9 Å². The van der Waals surface area contributed by atoms with Gasteiger partial charge in [-0.1, -0.05) is 11.6 Å². The second kappa shape index (κ2) is 5.37. The monoisotopic (exact) mass is 285 g/mol. The number of benzene rings is 1. The van der Waals surface area contributed by atoms with Crippen LogP contribution in [-0.2, 0) is 12.4 Å². The van der Waals surface area contributed by atoms with Crippen molar-refractivity contribution < 1.29 is 4.92 Å². The van der Waals surface area contributed by atoms with E-state index in [1.807, 2.05) is 6.20 Å². The van der Waals surface area contributed by atoms with Gasteiger partial charge in [0.15, 0.2) is 0 Å². The zero-order valence-corrected chi connectivity index (χ0v) is 10.7. The number of aromatic nitrogens is 2. The van der Waals surface area contributed by atoms with Crippen LogP contribution in [0.4, 0.5) is 5.69 Å². The first-order valence-electron chi connectivity index (χ1n) is 5.10. The van der Waals surface area contributed by atoms with E-state index in [-0.39, 0.29) is 5.69 Å². The number of rotatable bonds is 4. The van der Waals surface area contributed by atoms with Crippen molar-refractivity contribution in [3.05, 3.63) is 56.9 Å². The standard InChI is InChI=1S/C11H9Cl2N3O2/c12-4-8-5-14-15(6-8)7-9-1-2-10(16(17)18)3-11(9)13/h1-3,5-6H,4,7H2. The van der Waals surface area contributed by atoms with Crippen molar-refractivity contribution in [2.75, 3.05) is 0 Å². The Morgan fingerprint density at radius 3 is 2.78 bits per heavy atom. The molecule has 0 radical (unpaired) electrons. The van der Waals surface area contributed by atoms with Crippen LogP contribution < -0.4 is 0 Å². The van der Waals surface area contributed by atoms with Gasteiger partial charge in [-0.05, 0) is 11.6 Å². The summed E-state index contributed by atoms with van der Waals surface area (Å²) in [4.78, 5) is 10.1. The van der Waals surface area contributed by atoms with Gasteiger partial charge < -0.3 is 0 Å². The number of hydrogen-bond acceptors (Lipinski definition) is 3. The van der Waals surface area contributed by atoms with Crippen LogP contribution in [0.25, 0.3) is 0 Å². The van der Waals surface area contributed by atoms with Crippen LogP contribution in [0.5, 0.6) is 0 Å². The Morgan fingerprint density at radius 2 is 2.22 bits per heavy atom. The fourth-order valence-corrected chi connectivity index (χ4v) is 1.89. The van der Waals surface area contributed by atoms with Crippen LogP contribution >= 0.6 is 23.2 Å². The molecule has 7 heteroatoms. The summed E-state index contributed by atoms with van der Waals surface area (Å²) in [5.41, 5.74) is 1.66. The third-order valence-corrected chi connectivity index (χ3v) is 3.08. The Hall–Kier alpha value is -1.59. The van der Waals surface area contributed by atoms with Crippen molar-refractivity contribution in [3.63, 3.8) is 0 Å². The minimum atomic E-state index is -0.477. The fraction of sp³-hybridized carbons (Fsp3) is 0.182. The molecule has 2 rings (SSSR count). The molecule has 0 bridgehead atoms. The highest BCUT2D eigenvalue weighted by Gasteiger charge is 2.10. The lowest BCUT2D eigenvalue weighted by atomic mass is 10.2. The topological polar surface area (TPSA) is 61.0 Å². The van der Waals surface area contributed by atoms with Gasteiger partial charge in [0.05, 0.1) is 28.6 Å². The third-order valence-electron chi connectivity index (χ3n) is 2.42. The molecule has 5 nitrogen and oxygen atoms in total. The van der Waals surface area contributed by atoms with Crippen LogP contribution in [-0.4, -0.2) is 14.7 Å². The van der Waals surface area contributed by atoms with Crippen molar-refractivity contribution in [2.24, 2.45) is 0 Å². The molecule has 0 amide bonds. The van der Waals surface area contributed by atoms with E-state index in [0.717, 1.165) is 11.1 Å². The van der Waals surface area contributed by atoms with Crippen molar-refractivity contribution in [3.8, 4) is 0 Å². The van der Waals surface area contributed by atoms with E-state index < -0.39 is 4.92 Å². The summed E-state index contributed by atoms with van der Waals surface area (Å²) in [6.07, 6.45) is 3.48. The zero-order valence-electron chi connectivity index (χ0n) is 9.22. The molecule has 0 saturated heterocycles. The molecule has 1 aromatic carbocycles. The van der Waals surface area contributed by atoms with E-state index in [1.165, 1.54) is 12.1 Å². The van der Waals surface area contributed by atoms with Crippen LogP contribution in [0.15, 0.2) is 30.6 Å². The molecule has 0 N–H and O–H groups in total. The summed E-state index contributed by atoms with van der Waals surface area (Å²) in [5.74, 6) is 0.397. The van der Waals surface area contributed by atoms with E-state index >= 15 is 0 Å². The summed E-state index contributed by atoms with van der Waals surface area (Å²) in [6.45, 7) is 0.452. The first kappa shape index (κ1) is 12.9. The molecule has 1 aromatic heterocycles. The maximum atomic E-state index is 10.6. The first-order chi connectivity index (χ1) is 8.60. The molecule has 18 heavy (non-hydrogen) atoms. The largest absolute Gasteiger partial charge is 0.270 e. The van der Waals surface area contributed by atoms with Gasteiger partial charge in [-0.25, -0.2) is 0 Å². The predicted octanol–water partition coefficient (Wildman–Crippen LogP) is 3.23. The van der Waals surface area contributed by atoms with Gasteiger partial charge in [0.25, 0.3) is 5.69 Å². The van der Waals surface area contributed by atoms with E-state index in [1.54, 1.807) is 16.9 Å². The molecule has 0 fully saturated rings. The van der Waals surface area contributed by atoms with Crippen LogP contribution in [0.2, 0.25) is 5.02 Å². The minimum absolute atomic E-state index is 0.0225. The molecule has 0 saturated carbocycles. The summed E-state index contributed by atoms with van der Waals surface area (Å²) in [6, 6.07) is 4.39. The molecule has 2 aromatic rings.